The molecule has 0 bridgehead atoms. The van der Waals surface area contributed by atoms with E-state index in [0.29, 0.717) is 28.0 Å². The van der Waals surface area contributed by atoms with Crippen LogP contribution < -0.4 is 10.1 Å². The minimum Gasteiger partial charge on any atom is -0.487 e. The highest BCUT2D eigenvalue weighted by molar-refractivity contribution is 5.97. The Morgan fingerprint density at radius 3 is 2.41 bits per heavy atom. The first-order valence-corrected chi connectivity index (χ1v) is 11.6. The van der Waals surface area contributed by atoms with Gasteiger partial charge in [0, 0.05) is 23.3 Å². The molecule has 1 atom stereocenters. The van der Waals surface area contributed by atoms with Crippen LogP contribution in [-0.4, -0.2) is 33.0 Å². The van der Waals surface area contributed by atoms with Gasteiger partial charge in [-0.3, -0.25) is 4.79 Å². The molecular weight excluding hydrogens is 473 g/mol. The van der Waals surface area contributed by atoms with Crippen LogP contribution in [0, 0.1) is 5.82 Å². The molecule has 37 heavy (non-hydrogen) atoms. The number of nitrogens with one attached hydrogen (secondary N) is 1. The van der Waals surface area contributed by atoms with Crippen molar-refractivity contribution >= 4 is 33.7 Å². The molecule has 2 N–H and O–H groups in total. The van der Waals surface area contributed by atoms with Gasteiger partial charge in [0.2, 0.25) is 0 Å². The molecule has 184 valence electrons. The summed E-state index contributed by atoms with van der Waals surface area (Å²) < 4.78 is 19.3. The molecule has 8 heteroatoms. The number of pyridine rings is 2. The lowest BCUT2D eigenvalue weighted by Gasteiger charge is -2.15. The smallest absolute Gasteiger partial charge is 0.326 e. The molecule has 0 spiro atoms. The molecule has 0 aliphatic carbocycles. The normalized spacial score (nSPS) is 11.8. The van der Waals surface area contributed by atoms with Crippen molar-refractivity contribution < 1.29 is 23.8 Å². The summed E-state index contributed by atoms with van der Waals surface area (Å²) in [4.78, 5) is 33.3. The molecular formula is C29H22FN3O4. The fourth-order valence-electron chi connectivity index (χ4n) is 3.95. The maximum atomic E-state index is 13.5. The van der Waals surface area contributed by atoms with Gasteiger partial charge in [-0.2, -0.15) is 0 Å². The molecule has 0 saturated carbocycles. The fourth-order valence-corrected chi connectivity index (χ4v) is 3.95. The number of rotatable bonds is 8. The molecule has 2 heterocycles. The van der Waals surface area contributed by atoms with E-state index in [-0.39, 0.29) is 24.5 Å². The Morgan fingerprint density at radius 2 is 1.59 bits per heavy atom. The first-order chi connectivity index (χ1) is 17.9. The number of aromatic nitrogens is 2. The Balaban J connectivity index is 1.21. The summed E-state index contributed by atoms with van der Waals surface area (Å²) in [6, 6.07) is 24.7. The van der Waals surface area contributed by atoms with Gasteiger partial charge in [0.05, 0.1) is 16.7 Å². The quantitative estimate of drug-likeness (QED) is 0.317. The summed E-state index contributed by atoms with van der Waals surface area (Å²) in [6.45, 7) is 0.193. The lowest BCUT2D eigenvalue weighted by atomic mass is 10.1. The van der Waals surface area contributed by atoms with Crippen LogP contribution in [-0.2, 0) is 17.8 Å². The van der Waals surface area contributed by atoms with Gasteiger partial charge in [-0.15, -0.1) is 0 Å². The summed E-state index contributed by atoms with van der Waals surface area (Å²) in [5.41, 5.74) is 2.73. The fraction of sp³-hybridized carbons (Fsp3) is 0.103. The van der Waals surface area contributed by atoms with E-state index in [1.165, 1.54) is 12.1 Å². The van der Waals surface area contributed by atoms with Crippen LogP contribution in [0.1, 0.15) is 21.7 Å². The maximum absolute atomic E-state index is 13.5. The van der Waals surface area contributed by atoms with E-state index < -0.39 is 17.9 Å². The van der Waals surface area contributed by atoms with Crippen molar-refractivity contribution in [2.24, 2.45) is 0 Å². The summed E-state index contributed by atoms with van der Waals surface area (Å²) in [6.07, 6.45) is 0.0900. The van der Waals surface area contributed by atoms with Crippen molar-refractivity contribution in [1.29, 1.82) is 0 Å². The molecule has 3 aromatic carbocycles. The number of amides is 1. The Hall–Kier alpha value is -4.85. The van der Waals surface area contributed by atoms with Crippen LogP contribution in [0.2, 0.25) is 0 Å². The molecule has 5 rings (SSSR count). The number of carbonyl (C=O) groups is 2. The van der Waals surface area contributed by atoms with Crippen molar-refractivity contribution in [3.63, 3.8) is 0 Å². The van der Waals surface area contributed by atoms with E-state index in [1.54, 1.807) is 48.5 Å². The second-order valence-corrected chi connectivity index (χ2v) is 8.53. The number of hydrogen-bond donors (Lipinski definition) is 2. The van der Waals surface area contributed by atoms with E-state index in [4.69, 9.17) is 4.74 Å². The predicted octanol–water partition coefficient (Wildman–Crippen LogP) is 4.93. The van der Waals surface area contributed by atoms with Gasteiger partial charge in [-0.05, 0) is 48.0 Å². The number of ether oxygens (including phenoxy) is 1. The lowest BCUT2D eigenvalue weighted by Crippen LogP contribution is -2.42. The SMILES string of the molecule is O=C(N[C@H](Cc1ccc(OCc2ccc3ccc(F)cc3n2)cc1)C(=O)O)c1ccc2ccccc2n1. The van der Waals surface area contributed by atoms with Gasteiger partial charge in [-0.25, -0.2) is 19.2 Å². The highest BCUT2D eigenvalue weighted by atomic mass is 19.1. The van der Waals surface area contributed by atoms with E-state index in [9.17, 15) is 19.1 Å². The number of benzene rings is 3. The third kappa shape index (κ3) is 5.70. The Labute approximate surface area is 211 Å². The molecule has 5 aromatic rings. The number of para-hydroxylation sites is 1. The van der Waals surface area contributed by atoms with E-state index in [1.807, 2.05) is 30.3 Å². The van der Waals surface area contributed by atoms with Crippen LogP contribution in [0.5, 0.6) is 5.75 Å². The van der Waals surface area contributed by atoms with Crippen LogP contribution in [0.25, 0.3) is 21.8 Å². The van der Waals surface area contributed by atoms with Gasteiger partial charge >= 0.3 is 5.97 Å². The van der Waals surface area contributed by atoms with Crippen LogP contribution >= 0.6 is 0 Å². The summed E-state index contributed by atoms with van der Waals surface area (Å²) >= 11 is 0. The highest BCUT2D eigenvalue weighted by Gasteiger charge is 2.22. The van der Waals surface area contributed by atoms with Crippen LogP contribution in [0.15, 0.2) is 91.0 Å². The van der Waals surface area contributed by atoms with Crippen LogP contribution in [0.3, 0.4) is 0 Å². The summed E-state index contributed by atoms with van der Waals surface area (Å²) in [5.74, 6) is -1.48. The maximum Gasteiger partial charge on any atom is 0.326 e. The molecule has 0 unspecified atom stereocenters. The number of nitrogens with zero attached hydrogens (tertiary/aromatic N) is 2. The lowest BCUT2D eigenvalue weighted by molar-refractivity contribution is -0.139. The average Bonchev–Trinajstić information content (AvgIpc) is 2.91. The number of hydrogen-bond acceptors (Lipinski definition) is 5. The number of halogens is 1. The largest absolute Gasteiger partial charge is 0.487 e. The van der Waals surface area contributed by atoms with E-state index in [2.05, 4.69) is 15.3 Å². The number of fused-ring (bicyclic) bond motifs is 2. The second kappa shape index (κ2) is 10.4. The van der Waals surface area contributed by atoms with Crippen molar-refractivity contribution in [2.75, 3.05) is 0 Å². The van der Waals surface area contributed by atoms with Crippen molar-refractivity contribution in [2.45, 2.75) is 19.1 Å². The zero-order valence-corrected chi connectivity index (χ0v) is 19.6. The number of carbonyl (C=O) groups excluding carboxylic acids is 1. The topological polar surface area (TPSA) is 101 Å². The minimum absolute atomic E-state index is 0.0900. The number of aliphatic carboxylic acids is 1. The second-order valence-electron chi connectivity index (χ2n) is 8.53. The standard InChI is InChI=1S/C29H22FN3O4/c30-21-10-7-20-8-11-22(31-26(20)16-21)17-37-23-12-5-18(6-13-23)15-27(29(35)36)33-28(34)25-14-9-19-3-1-2-4-24(19)32-25/h1-14,16,27H,15,17H2,(H,33,34)(H,35,36)/t27-/m1/s1. The van der Waals surface area contributed by atoms with Gasteiger partial charge < -0.3 is 15.2 Å². The predicted molar refractivity (Wildman–Crippen MR) is 137 cm³/mol. The molecule has 1 amide bonds. The van der Waals surface area contributed by atoms with Gasteiger partial charge in [0.15, 0.2) is 0 Å². The highest BCUT2D eigenvalue weighted by Crippen LogP contribution is 2.18. The zero-order valence-electron chi connectivity index (χ0n) is 19.6. The van der Waals surface area contributed by atoms with Crippen molar-refractivity contribution in [3.05, 3.63) is 114 Å². The van der Waals surface area contributed by atoms with Crippen molar-refractivity contribution in [3.8, 4) is 5.75 Å². The molecule has 0 aliphatic heterocycles. The van der Waals surface area contributed by atoms with Crippen molar-refractivity contribution in [1.82, 2.24) is 15.3 Å². The monoisotopic (exact) mass is 495 g/mol. The molecule has 0 saturated heterocycles. The van der Waals surface area contributed by atoms with Gasteiger partial charge in [0.25, 0.3) is 5.91 Å². The van der Waals surface area contributed by atoms with Gasteiger partial charge in [0.1, 0.15) is 29.9 Å². The van der Waals surface area contributed by atoms with Crippen LogP contribution in [0.4, 0.5) is 4.39 Å². The third-order valence-corrected chi connectivity index (χ3v) is 5.90. The Bertz CT molecular complexity index is 1600. The first kappa shape index (κ1) is 23.9. The number of carboxylic acids is 1. The van der Waals surface area contributed by atoms with E-state index >= 15 is 0 Å². The van der Waals surface area contributed by atoms with Gasteiger partial charge in [-0.1, -0.05) is 42.5 Å². The number of carboxylic acid groups (broad SMARTS) is 1. The third-order valence-electron chi connectivity index (χ3n) is 5.90. The molecule has 7 nitrogen and oxygen atoms in total. The molecule has 2 aromatic heterocycles. The summed E-state index contributed by atoms with van der Waals surface area (Å²) in [5, 5.41) is 14.0. The summed E-state index contributed by atoms with van der Waals surface area (Å²) in [7, 11) is 0. The molecule has 0 aliphatic rings. The Morgan fingerprint density at radius 1 is 0.865 bits per heavy atom. The minimum atomic E-state index is -1.15. The molecule has 0 radical (unpaired) electrons. The Kier molecular flexibility index (Phi) is 6.72. The van der Waals surface area contributed by atoms with E-state index in [0.717, 1.165) is 10.8 Å². The molecule has 0 fully saturated rings. The zero-order chi connectivity index (χ0) is 25.8. The average molecular weight is 496 g/mol. The first-order valence-electron chi connectivity index (χ1n) is 11.6.